The van der Waals surface area contributed by atoms with E-state index in [-0.39, 0.29) is 17.3 Å². The lowest BCUT2D eigenvalue weighted by Gasteiger charge is -2.35. The molecule has 3 aromatic heterocycles. The molecule has 0 spiro atoms. The Morgan fingerprint density at radius 1 is 0.909 bits per heavy atom. The van der Waals surface area contributed by atoms with Gasteiger partial charge in [-0.1, -0.05) is 0 Å². The number of hydrogen-bond acceptors (Lipinski definition) is 7. The fraction of sp³-hybridized carbons (Fsp3) is 0.273. The van der Waals surface area contributed by atoms with E-state index in [0.717, 1.165) is 6.07 Å². The fourth-order valence-corrected chi connectivity index (χ4v) is 3.97. The van der Waals surface area contributed by atoms with Gasteiger partial charge in [-0.05, 0) is 43.4 Å². The summed E-state index contributed by atoms with van der Waals surface area (Å²) in [5.41, 5.74) is 0.900. The summed E-state index contributed by atoms with van der Waals surface area (Å²) in [6.07, 6.45) is 1.69. The number of nitrogens with zero attached hydrogens (tertiary/aromatic N) is 8. The van der Waals surface area contributed by atoms with Crippen LogP contribution in [0.25, 0.3) is 5.52 Å². The lowest BCUT2D eigenvalue weighted by molar-refractivity contribution is -0.137. The molecule has 8 nitrogen and oxygen atoms in total. The van der Waals surface area contributed by atoms with E-state index >= 15 is 0 Å². The highest BCUT2D eigenvalue weighted by molar-refractivity contribution is 5.84. The summed E-state index contributed by atoms with van der Waals surface area (Å²) in [6, 6.07) is 9.53. The summed E-state index contributed by atoms with van der Waals surface area (Å²) in [6.45, 7) is 2.48. The van der Waals surface area contributed by atoms with Crippen molar-refractivity contribution in [3.63, 3.8) is 0 Å². The Bertz CT molecular complexity index is 1250. The molecule has 1 aromatic carbocycles. The van der Waals surface area contributed by atoms with Crippen LogP contribution in [-0.2, 0) is 6.18 Å². The van der Waals surface area contributed by atoms with Crippen molar-refractivity contribution >= 4 is 28.5 Å². The maximum atomic E-state index is 14.2. The highest BCUT2D eigenvalue weighted by Gasteiger charge is 2.36. The zero-order chi connectivity index (χ0) is 23.0. The number of benzene rings is 1. The quantitative estimate of drug-likeness (QED) is 0.465. The van der Waals surface area contributed by atoms with Crippen LogP contribution in [0, 0.1) is 0 Å². The van der Waals surface area contributed by atoms with E-state index in [1.54, 1.807) is 58.9 Å². The Hall–Kier alpha value is -3.73. The number of likely N-dealkylation sites (N-methyl/N-ethyl adjacent to an activating group) is 1. The van der Waals surface area contributed by atoms with Crippen LogP contribution in [0.4, 0.5) is 36.2 Å². The van der Waals surface area contributed by atoms with Gasteiger partial charge in [0.1, 0.15) is 5.52 Å². The standard InChI is InChI=1S/C22H21F3N8/c1-30-10-12-31(13-11-30)18-6-5-16(14-17(18)22(23,24)25)32(21-26-7-3-8-27-21)20-15-29-33-19(20)4-2-9-28-33/h2-9,14-15H,10-13H2,1H3. The van der Waals surface area contributed by atoms with Gasteiger partial charge in [0.15, 0.2) is 0 Å². The number of rotatable bonds is 4. The van der Waals surface area contributed by atoms with E-state index in [1.807, 2.05) is 7.05 Å². The monoisotopic (exact) mass is 454 g/mol. The van der Waals surface area contributed by atoms with E-state index in [2.05, 4.69) is 25.1 Å². The van der Waals surface area contributed by atoms with Crippen molar-refractivity contribution in [1.29, 1.82) is 0 Å². The maximum absolute atomic E-state index is 14.2. The van der Waals surface area contributed by atoms with Crippen LogP contribution in [-0.4, -0.2) is 62.9 Å². The highest BCUT2D eigenvalue weighted by atomic mass is 19.4. The molecule has 5 rings (SSSR count). The Kier molecular flexibility index (Phi) is 5.33. The van der Waals surface area contributed by atoms with Crippen molar-refractivity contribution in [2.24, 2.45) is 0 Å². The maximum Gasteiger partial charge on any atom is 0.418 e. The zero-order valence-electron chi connectivity index (χ0n) is 17.8. The van der Waals surface area contributed by atoms with Crippen molar-refractivity contribution in [1.82, 2.24) is 29.7 Å². The minimum atomic E-state index is -4.53. The van der Waals surface area contributed by atoms with Crippen LogP contribution in [0.1, 0.15) is 5.56 Å². The second kappa shape index (κ2) is 8.32. The Morgan fingerprint density at radius 2 is 1.67 bits per heavy atom. The highest BCUT2D eigenvalue weighted by Crippen LogP contribution is 2.42. The van der Waals surface area contributed by atoms with Crippen LogP contribution in [0.15, 0.2) is 61.2 Å². The van der Waals surface area contributed by atoms with Crippen molar-refractivity contribution in [3.8, 4) is 0 Å². The molecule has 0 aliphatic carbocycles. The number of anilines is 4. The van der Waals surface area contributed by atoms with Crippen LogP contribution in [0.2, 0.25) is 0 Å². The summed E-state index contributed by atoms with van der Waals surface area (Å²) in [7, 11) is 1.97. The number of piperazine rings is 1. The molecule has 0 saturated carbocycles. The molecule has 0 amide bonds. The van der Waals surface area contributed by atoms with Crippen molar-refractivity contribution in [2.75, 3.05) is 43.0 Å². The van der Waals surface area contributed by atoms with Gasteiger partial charge < -0.3 is 9.80 Å². The first-order chi connectivity index (χ1) is 15.9. The van der Waals surface area contributed by atoms with Gasteiger partial charge in [-0.25, -0.2) is 9.97 Å². The molecule has 170 valence electrons. The number of halogens is 3. The van der Waals surface area contributed by atoms with Gasteiger partial charge in [-0.15, -0.1) is 4.63 Å². The van der Waals surface area contributed by atoms with Crippen LogP contribution in [0.3, 0.4) is 0 Å². The zero-order valence-corrected chi connectivity index (χ0v) is 17.8. The average molecular weight is 454 g/mol. The molecule has 4 heterocycles. The second-order valence-corrected chi connectivity index (χ2v) is 7.80. The molecular formula is C22H21F3N8. The average Bonchev–Trinajstić information content (AvgIpc) is 3.24. The van der Waals surface area contributed by atoms with Crippen molar-refractivity contribution < 1.29 is 13.2 Å². The Morgan fingerprint density at radius 3 is 2.39 bits per heavy atom. The summed E-state index contributed by atoms with van der Waals surface area (Å²) in [5, 5.41) is 8.39. The molecule has 0 radical (unpaired) electrons. The second-order valence-electron chi connectivity index (χ2n) is 7.80. The van der Waals surface area contributed by atoms with Gasteiger partial charge in [-0.3, -0.25) is 4.90 Å². The third kappa shape index (κ3) is 4.07. The molecule has 0 N–H and O–H groups in total. The molecule has 1 aliphatic heterocycles. The first-order valence-corrected chi connectivity index (χ1v) is 10.4. The predicted molar refractivity (Wildman–Crippen MR) is 118 cm³/mol. The third-order valence-electron chi connectivity index (χ3n) is 5.66. The Labute approximate surface area is 187 Å². The fourth-order valence-electron chi connectivity index (χ4n) is 3.97. The third-order valence-corrected chi connectivity index (χ3v) is 5.66. The summed E-state index contributed by atoms with van der Waals surface area (Å²) in [5.74, 6) is 0.233. The van der Waals surface area contributed by atoms with E-state index in [0.29, 0.717) is 37.4 Å². The van der Waals surface area contributed by atoms with Gasteiger partial charge >= 0.3 is 6.18 Å². The SMILES string of the molecule is CN1CCN(c2ccc(N(c3ncccn3)c3cnn4ncccc34)cc2C(F)(F)F)CC1. The molecule has 1 saturated heterocycles. The van der Waals surface area contributed by atoms with Gasteiger partial charge in [0.2, 0.25) is 5.95 Å². The molecular weight excluding hydrogens is 433 g/mol. The molecule has 11 heteroatoms. The molecule has 1 fully saturated rings. The number of fused-ring (bicyclic) bond motifs is 1. The molecule has 4 aromatic rings. The van der Waals surface area contributed by atoms with Gasteiger partial charge in [-0.2, -0.15) is 23.4 Å². The normalized spacial score (nSPS) is 15.2. The summed E-state index contributed by atoms with van der Waals surface area (Å²) >= 11 is 0. The van der Waals surface area contributed by atoms with E-state index < -0.39 is 11.7 Å². The van der Waals surface area contributed by atoms with Crippen LogP contribution >= 0.6 is 0 Å². The van der Waals surface area contributed by atoms with Gasteiger partial charge in [0, 0.05) is 50.5 Å². The number of hydrogen-bond donors (Lipinski definition) is 0. The minimum absolute atomic E-state index is 0.176. The number of alkyl halides is 3. The first kappa shape index (κ1) is 21.1. The minimum Gasteiger partial charge on any atom is -0.368 e. The molecule has 33 heavy (non-hydrogen) atoms. The van der Waals surface area contributed by atoms with E-state index in [1.165, 1.54) is 10.7 Å². The largest absolute Gasteiger partial charge is 0.418 e. The van der Waals surface area contributed by atoms with Crippen LogP contribution < -0.4 is 9.80 Å². The number of aromatic nitrogens is 5. The topological polar surface area (TPSA) is 65.7 Å². The Balaban J connectivity index is 1.65. The molecule has 0 atom stereocenters. The molecule has 0 unspecified atom stereocenters. The smallest absolute Gasteiger partial charge is 0.368 e. The van der Waals surface area contributed by atoms with Crippen molar-refractivity contribution in [2.45, 2.75) is 6.18 Å². The van der Waals surface area contributed by atoms with Crippen LogP contribution in [0.5, 0.6) is 0 Å². The van der Waals surface area contributed by atoms with E-state index in [4.69, 9.17) is 0 Å². The molecule has 1 aliphatic rings. The van der Waals surface area contributed by atoms with Crippen molar-refractivity contribution in [3.05, 3.63) is 66.7 Å². The summed E-state index contributed by atoms with van der Waals surface area (Å²) in [4.78, 5) is 14.0. The lowest BCUT2D eigenvalue weighted by atomic mass is 10.1. The lowest BCUT2D eigenvalue weighted by Crippen LogP contribution is -2.45. The first-order valence-electron chi connectivity index (χ1n) is 10.4. The van der Waals surface area contributed by atoms with E-state index in [9.17, 15) is 13.2 Å². The van der Waals surface area contributed by atoms with Gasteiger partial charge in [0.25, 0.3) is 0 Å². The molecule has 0 bridgehead atoms. The van der Waals surface area contributed by atoms with Gasteiger partial charge in [0.05, 0.1) is 23.1 Å². The summed E-state index contributed by atoms with van der Waals surface area (Å²) < 4.78 is 44.0. The predicted octanol–water partition coefficient (Wildman–Crippen LogP) is 3.76.